The number of hydrogen-bond donors (Lipinski definition) is 6. The predicted molar refractivity (Wildman–Crippen MR) is 227 cm³/mol. The minimum Gasteiger partial charge on any atom is -0.355 e. The Morgan fingerprint density at radius 2 is 0.852 bits per heavy atom. The van der Waals surface area contributed by atoms with Gasteiger partial charge in [-0.05, 0) is 159 Å². The number of rotatable bonds is 14. The van der Waals surface area contributed by atoms with Crippen LogP contribution in [0.15, 0.2) is 60.7 Å². The molecule has 1 aliphatic rings. The maximum absolute atomic E-state index is 3.93. The fourth-order valence-electron chi connectivity index (χ4n) is 8.36. The zero-order valence-corrected chi connectivity index (χ0v) is 33.2. The van der Waals surface area contributed by atoms with Crippen molar-refractivity contribution >= 4 is 24.3 Å². The van der Waals surface area contributed by atoms with Crippen molar-refractivity contribution in [3.8, 4) is 0 Å². The molecular weight excluding hydrogens is 661 g/mol. The second-order valence-corrected chi connectivity index (χ2v) is 15.0. The van der Waals surface area contributed by atoms with Gasteiger partial charge >= 0.3 is 0 Å². The second kappa shape index (κ2) is 17.0. The molecular formula is C48H58N6. The normalized spacial score (nSPS) is 12.3. The molecule has 6 aromatic rings. The van der Waals surface area contributed by atoms with E-state index in [1.807, 2.05) is 0 Å². The lowest BCUT2D eigenvalue weighted by molar-refractivity contribution is 0.648. The Hall–Kier alpha value is -5.04. The van der Waals surface area contributed by atoms with E-state index in [0.717, 1.165) is 64.7 Å². The highest BCUT2D eigenvalue weighted by atomic mass is 14.9. The molecule has 0 spiro atoms. The van der Waals surface area contributed by atoms with Crippen LogP contribution in [-0.4, -0.2) is 33.0 Å². The van der Waals surface area contributed by atoms with Gasteiger partial charge in [0, 0.05) is 57.3 Å². The summed E-state index contributed by atoms with van der Waals surface area (Å²) in [5.74, 6) is 0. The minimum atomic E-state index is 0.891. The van der Waals surface area contributed by atoms with Gasteiger partial charge in [0.1, 0.15) is 0 Å². The first-order chi connectivity index (χ1) is 26.3. The van der Waals surface area contributed by atoms with Crippen LogP contribution in [0.1, 0.15) is 105 Å². The third-order valence-electron chi connectivity index (χ3n) is 11.6. The molecule has 6 nitrogen and oxygen atoms in total. The summed E-state index contributed by atoms with van der Waals surface area (Å²) >= 11 is 0. The third kappa shape index (κ3) is 8.06. The van der Waals surface area contributed by atoms with E-state index < -0.39 is 0 Å². The summed E-state index contributed by atoms with van der Waals surface area (Å²) in [5, 5.41) is 12.1. The van der Waals surface area contributed by atoms with E-state index in [0.29, 0.717) is 0 Å². The molecule has 280 valence electrons. The molecule has 6 N–H and O–H groups in total. The summed E-state index contributed by atoms with van der Waals surface area (Å²) in [7, 11) is 0. The molecule has 0 saturated heterocycles. The zero-order chi connectivity index (χ0) is 37.6. The molecule has 0 amide bonds. The van der Waals surface area contributed by atoms with Gasteiger partial charge < -0.3 is 30.6 Å². The first-order valence-corrected chi connectivity index (χ1v) is 20.1. The number of fused-ring (bicyclic) bond motifs is 8. The van der Waals surface area contributed by atoms with Crippen LogP contribution < -0.4 is 32.0 Å². The minimum absolute atomic E-state index is 0.891. The summed E-state index contributed by atoms with van der Waals surface area (Å²) in [4.78, 5) is 15.5. The molecule has 0 aliphatic carbocycles. The lowest BCUT2D eigenvalue weighted by Crippen LogP contribution is -2.17. The van der Waals surface area contributed by atoms with Crippen LogP contribution in [0.25, 0.3) is 24.3 Å². The van der Waals surface area contributed by atoms with E-state index in [1.54, 1.807) is 0 Å². The quantitative estimate of drug-likeness (QED) is 0.0733. The zero-order valence-electron chi connectivity index (χ0n) is 33.2. The highest BCUT2D eigenvalue weighted by Crippen LogP contribution is 2.23. The number of benzene rings is 2. The Balaban J connectivity index is 1.31. The van der Waals surface area contributed by atoms with Gasteiger partial charge in [-0.1, -0.05) is 74.5 Å². The van der Waals surface area contributed by atoms with Crippen molar-refractivity contribution in [3.63, 3.8) is 0 Å². The maximum Gasteiger partial charge on any atom is 0.0441 e. The van der Waals surface area contributed by atoms with Crippen LogP contribution in [0.2, 0.25) is 0 Å². The van der Waals surface area contributed by atoms with Crippen molar-refractivity contribution in [1.29, 1.82) is 0 Å². The molecule has 7 rings (SSSR count). The van der Waals surface area contributed by atoms with Gasteiger partial charge in [0.05, 0.1) is 0 Å². The number of aromatic nitrogens is 4. The van der Waals surface area contributed by atoms with Crippen LogP contribution in [0.4, 0.5) is 0 Å². The highest BCUT2D eigenvalue weighted by Gasteiger charge is 2.16. The number of hydrogen-bond acceptors (Lipinski definition) is 2. The number of aromatic amines is 4. The lowest BCUT2D eigenvalue weighted by atomic mass is 10.0. The maximum atomic E-state index is 3.93. The molecule has 0 atom stereocenters. The largest absolute Gasteiger partial charge is 0.355 e. The van der Waals surface area contributed by atoms with Gasteiger partial charge in [0.2, 0.25) is 0 Å². The van der Waals surface area contributed by atoms with Gasteiger partial charge in [0.25, 0.3) is 0 Å². The fourth-order valence-corrected chi connectivity index (χ4v) is 8.36. The van der Waals surface area contributed by atoms with E-state index in [2.05, 4.69) is 157 Å². The monoisotopic (exact) mass is 718 g/mol. The molecule has 8 bridgehead atoms. The summed E-state index contributed by atoms with van der Waals surface area (Å²) in [5.41, 5.74) is 18.2. The van der Waals surface area contributed by atoms with Crippen LogP contribution >= 0.6 is 0 Å². The molecule has 2 aromatic carbocycles. The molecule has 54 heavy (non-hydrogen) atoms. The van der Waals surface area contributed by atoms with Crippen molar-refractivity contribution < 1.29 is 0 Å². The van der Waals surface area contributed by atoms with Crippen LogP contribution in [0, 0.1) is 27.7 Å². The van der Waals surface area contributed by atoms with E-state index in [4.69, 9.17) is 0 Å². The first kappa shape index (κ1) is 37.3. The molecule has 0 fully saturated rings. The van der Waals surface area contributed by atoms with Crippen LogP contribution in [0.5, 0.6) is 0 Å². The van der Waals surface area contributed by atoms with Crippen molar-refractivity contribution in [1.82, 2.24) is 30.6 Å². The van der Waals surface area contributed by atoms with Gasteiger partial charge in [-0.3, -0.25) is 0 Å². The van der Waals surface area contributed by atoms with Crippen LogP contribution in [-0.2, 0) is 38.8 Å². The van der Waals surface area contributed by atoms with Gasteiger partial charge in [0.15, 0.2) is 0 Å². The molecule has 5 heterocycles. The van der Waals surface area contributed by atoms with E-state index >= 15 is 0 Å². The average molecular weight is 719 g/mol. The highest BCUT2D eigenvalue weighted by molar-refractivity contribution is 5.65. The molecule has 1 aliphatic heterocycles. The Kier molecular flexibility index (Phi) is 11.7. The topological polar surface area (TPSA) is 87.2 Å². The Bertz CT molecular complexity index is 2450. The fraction of sp³-hybridized carbons (Fsp3) is 0.333. The molecule has 0 saturated carbocycles. The number of H-pyrrole nitrogens is 4. The Morgan fingerprint density at radius 1 is 0.426 bits per heavy atom. The lowest BCUT2D eigenvalue weighted by Gasteiger charge is -2.07. The average Bonchev–Trinajstić information content (AvgIpc) is 3.85. The predicted octanol–water partition coefficient (Wildman–Crippen LogP) is 6.43. The van der Waals surface area contributed by atoms with E-state index in [-0.39, 0.29) is 0 Å². The van der Waals surface area contributed by atoms with Gasteiger partial charge in [-0.25, -0.2) is 0 Å². The van der Waals surface area contributed by atoms with Gasteiger partial charge in [-0.2, -0.15) is 0 Å². The molecule has 6 heteroatoms. The summed E-state index contributed by atoms with van der Waals surface area (Å²) in [6.45, 7) is 17.4. The molecule has 0 radical (unpaired) electrons. The summed E-state index contributed by atoms with van der Waals surface area (Å²) in [6, 6.07) is 21.4. The Morgan fingerprint density at radius 3 is 1.41 bits per heavy atom. The van der Waals surface area contributed by atoms with Crippen molar-refractivity contribution in [2.45, 2.75) is 93.2 Å². The Labute approximate surface area is 320 Å². The van der Waals surface area contributed by atoms with Crippen molar-refractivity contribution in [2.75, 3.05) is 13.1 Å². The third-order valence-corrected chi connectivity index (χ3v) is 11.6. The number of nitrogens with one attached hydrogen (secondary N) is 6. The van der Waals surface area contributed by atoms with Crippen LogP contribution in [0.3, 0.4) is 0 Å². The van der Waals surface area contributed by atoms with Crippen molar-refractivity contribution in [3.05, 3.63) is 160 Å². The van der Waals surface area contributed by atoms with Gasteiger partial charge in [-0.15, -0.1) is 0 Å². The smallest absolute Gasteiger partial charge is 0.0441 e. The standard InChI is InChI=1S/C48H58N6/c1-7-37-31(3)41-25-42-33(5)39(21-15-23-49-29-35-17-11-9-12-18-35)47(53-42)28-48-40(22-16-24-50-30-36-19-13-10-14-20-36)34(6)44(54-48)27-46-38(8-2)32(4)43(52-46)26-45(37)51-41/h9-14,17-20,25-28,49-54H,7-8,15-16,21-24,29-30H2,1-6H3. The summed E-state index contributed by atoms with van der Waals surface area (Å²) in [6.07, 6.45) is 15.5. The molecule has 4 aromatic heterocycles. The van der Waals surface area contributed by atoms with Crippen molar-refractivity contribution in [2.24, 2.45) is 0 Å². The van der Waals surface area contributed by atoms with E-state index in [9.17, 15) is 0 Å². The molecule has 0 unspecified atom stereocenters. The second-order valence-electron chi connectivity index (χ2n) is 15.0. The first-order valence-electron chi connectivity index (χ1n) is 20.1. The van der Waals surface area contributed by atoms with E-state index in [1.165, 1.54) is 99.8 Å². The summed E-state index contributed by atoms with van der Waals surface area (Å²) < 4.78 is 0. The SMILES string of the molecule is CCc1c2[nH]c(c1C)C=c1[nH]c(c(CCCNCc3ccccc3)c1C)=Cc1[nH]c(c(C)c1CCCNCc1ccccc1)C=c1[nH]c(c(C)c1CC)=C2.